The van der Waals surface area contributed by atoms with Gasteiger partial charge in [0.1, 0.15) is 0 Å². The first-order valence-electron chi connectivity index (χ1n) is 15.6. The SMILES string of the molecule is C=Cc1ccc(Nc2cc3c4ccccc4c(N)cc3c3cc(-c4ccccc4)c(-c4ccccc4)c(-c4ccccc4)c23)cc1. The lowest BCUT2D eigenvalue weighted by Crippen LogP contribution is -1.99. The summed E-state index contributed by atoms with van der Waals surface area (Å²) >= 11 is 0. The quantitative estimate of drug-likeness (QED) is 0.150. The lowest BCUT2D eigenvalue weighted by molar-refractivity contribution is 1.56. The first-order chi connectivity index (χ1) is 22.7. The monoisotopic (exact) mass is 588 g/mol. The second kappa shape index (κ2) is 11.4. The van der Waals surface area contributed by atoms with Crippen LogP contribution in [0.15, 0.2) is 164 Å². The molecule has 0 fully saturated rings. The Morgan fingerprint density at radius 1 is 0.478 bits per heavy atom. The van der Waals surface area contributed by atoms with E-state index in [0.717, 1.165) is 60.5 Å². The molecule has 0 aliphatic heterocycles. The van der Waals surface area contributed by atoms with E-state index in [2.05, 4.69) is 170 Å². The second-order valence-electron chi connectivity index (χ2n) is 11.7. The molecule has 8 rings (SSSR count). The largest absolute Gasteiger partial charge is 0.398 e. The maximum Gasteiger partial charge on any atom is 0.0477 e. The van der Waals surface area contributed by atoms with Crippen LogP contribution in [-0.2, 0) is 0 Å². The average Bonchev–Trinajstić information content (AvgIpc) is 3.13. The maximum absolute atomic E-state index is 6.80. The molecule has 8 aromatic rings. The maximum atomic E-state index is 6.80. The fourth-order valence-corrected chi connectivity index (χ4v) is 6.80. The minimum absolute atomic E-state index is 0.778. The Balaban J connectivity index is 1.60. The highest BCUT2D eigenvalue weighted by Gasteiger charge is 2.23. The third-order valence-electron chi connectivity index (χ3n) is 8.93. The van der Waals surface area contributed by atoms with E-state index in [0.29, 0.717) is 0 Å². The highest BCUT2D eigenvalue weighted by atomic mass is 14.9. The lowest BCUT2D eigenvalue weighted by Gasteiger charge is -2.24. The normalized spacial score (nSPS) is 11.2. The molecule has 218 valence electrons. The molecule has 0 unspecified atom stereocenters. The Kier molecular flexibility index (Phi) is 6.81. The van der Waals surface area contributed by atoms with Gasteiger partial charge < -0.3 is 11.1 Å². The van der Waals surface area contributed by atoms with Gasteiger partial charge in [-0.2, -0.15) is 0 Å². The minimum Gasteiger partial charge on any atom is -0.398 e. The molecule has 46 heavy (non-hydrogen) atoms. The van der Waals surface area contributed by atoms with Crippen molar-refractivity contribution in [3.05, 3.63) is 170 Å². The van der Waals surface area contributed by atoms with Crippen molar-refractivity contribution < 1.29 is 0 Å². The zero-order chi connectivity index (χ0) is 31.0. The lowest BCUT2D eigenvalue weighted by atomic mass is 9.81. The molecule has 0 spiro atoms. The number of hydrogen-bond acceptors (Lipinski definition) is 2. The van der Waals surface area contributed by atoms with Crippen molar-refractivity contribution >= 4 is 55.5 Å². The Morgan fingerprint density at radius 2 is 1.02 bits per heavy atom. The third kappa shape index (κ3) is 4.68. The van der Waals surface area contributed by atoms with Gasteiger partial charge in [0.25, 0.3) is 0 Å². The first kappa shape index (κ1) is 27.4. The summed E-state index contributed by atoms with van der Waals surface area (Å²) in [7, 11) is 0. The van der Waals surface area contributed by atoms with Crippen LogP contribution in [0.1, 0.15) is 5.56 Å². The summed E-state index contributed by atoms with van der Waals surface area (Å²) in [6, 6.07) is 55.9. The van der Waals surface area contributed by atoms with Gasteiger partial charge in [-0.25, -0.2) is 0 Å². The number of nitrogen functional groups attached to an aromatic ring is 1. The predicted octanol–water partition coefficient (Wildman–Crippen LogP) is 12.1. The van der Waals surface area contributed by atoms with E-state index in [1.807, 2.05) is 6.08 Å². The Labute approximate surface area is 269 Å². The van der Waals surface area contributed by atoms with Crippen LogP contribution in [0.25, 0.3) is 71.8 Å². The van der Waals surface area contributed by atoms with Crippen LogP contribution in [0.4, 0.5) is 17.1 Å². The number of hydrogen-bond donors (Lipinski definition) is 2. The predicted molar refractivity (Wildman–Crippen MR) is 199 cm³/mol. The highest BCUT2D eigenvalue weighted by Crippen LogP contribution is 2.50. The molecule has 8 aromatic carbocycles. The molecule has 0 bridgehead atoms. The zero-order valence-corrected chi connectivity index (χ0v) is 25.4. The van der Waals surface area contributed by atoms with Gasteiger partial charge in [0.2, 0.25) is 0 Å². The molecule has 0 aliphatic carbocycles. The van der Waals surface area contributed by atoms with Gasteiger partial charge in [-0.15, -0.1) is 0 Å². The fourth-order valence-electron chi connectivity index (χ4n) is 6.80. The molecule has 0 heterocycles. The van der Waals surface area contributed by atoms with Gasteiger partial charge in [0.05, 0.1) is 0 Å². The standard InChI is InChI=1S/C44H32N2/c1-2-29-22-24-33(25-23-29)46-41-28-38-34-20-12-13-21-35(34)40(45)27-37(38)39-26-36(30-14-6-3-7-15-30)42(31-16-8-4-9-17-31)43(44(39)41)32-18-10-5-11-19-32/h2-28,46H,1,45H2. The molecule has 0 saturated heterocycles. The van der Waals surface area contributed by atoms with Crippen molar-refractivity contribution in [2.45, 2.75) is 0 Å². The molecular weight excluding hydrogens is 556 g/mol. The van der Waals surface area contributed by atoms with E-state index < -0.39 is 0 Å². The molecule has 2 nitrogen and oxygen atoms in total. The van der Waals surface area contributed by atoms with Crippen LogP contribution < -0.4 is 11.1 Å². The Hall–Kier alpha value is -6.12. The summed E-state index contributed by atoms with van der Waals surface area (Å²) in [5.41, 5.74) is 17.8. The summed E-state index contributed by atoms with van der Waals surface area (Å²) in [6.07, 6.45) is 1.87. The van der Waals surface area contributed by atoms with Gasteiger partial charge in [0, 0.05) is 33.4 Å². The highest BCUT2D eigenvalue weighted by molar-refractivity contribution is 6.28. The number of rotatable bonds is 6. The summed E-state index contributed by atoms with van der Waals surface area (Å²) in [5.74, 6) is 0. The topological polar surface area (TPSA) is 38.0 Å². The van der Waals surface area contributed by atoms with E-state index in [1.54, 1.807) is 0 Å². The van der Waals surface area contributed by atoms with E-state index >= 15 is 0 Å². The molecular formula is C44H32N2. The van der Waals surface area contributed by atoms with Crippen molar-refractivity contribution in [2.24, 2.45) is 0 Å². The summed E-state index contributed by atoms with van der Waals surface area (Å²) in [4.78, 5) is 0. The average molecular weight is 589 g/mol. The molecule has 0 saturated carbocycles. The fraction of sp³-hybridized carbons (Fsp3) is 0. The van der Waals surface area contributed by atoms with E-state index in [4.69, 9.17) is 5.73 Å². The number of nitrogens with two attached hydrogens (primary N) is 1. The van der Waals surface area contributed by atoms with Gasteiger partial charge in [-0.05, 0) is 85.3 Å². The van der Waals surface area contributed by atoms with Gasteiger partial charge in [-0.1, -0.05) is 140 Å². The van der Waals surface area contributed by atoms with E-state index in [-0.39, 0.29) is 0 Å². The summed E-state index contributed by atoms with van der Waals surface area (Å²) in [6.45, 7) is 3.94. The van der Waals surface area contributed by atoms with Crippen molar-refractivity contribution in [3.63, 3.8) is 0 Å². The Bertz CT molecular complexity index is 2380. The van der Waals surface area contributed by atoms with Crippen LogP contribution >= 0.6 is 0 Å². The number of fused-ring (bicyclic) bond motifs is 5. The van der Waals surface area contributed by atoms with Gasteiger partial charge in [-0.3, -0.25) is 0 Å². The van der Waals surface area contributed by atoms with Crippen LogP contribution in [0.2, 0.25) is 0 Å². The van der Waals surface area contributed by atoms with Crippen LogP contribution in [-0.4, -0.2) is 0 Å². The molecule has 0 atom stereocenters. The smallest absolute Gasteiger partial charge is 0.0477 e. The Morgan fingerprint density at radius 3 is 1.65 bits per heavy atom. The van der Waals surface area contributed by atoms with Crippen molar-refractivity contribution in [2.75, 3.05) is 11.1 Å². The summed E-state index contributed by atoms with van der Waals surface area (Å²) in [5, 5.41) is 10.6. The van der Waals surface area contributed by atoms with Crippen LogP contribution in [0.3, 0.4) is 0 Å². The molecule has 2 heteroatoms. The zero-order valence-electron chi connectivity index (χ0n) is 25.4. The van der Waals surface area contributed by atoms with Gasteiger partial charge in [0.15, 0.2) is 0 Å². The molecule has 0 aliphatic rings. The number of benzene rings is 8. The van der Waals surface area contributed by atoms with Gasteiger partial charge >= 0.3 is 0 Å². The van der Waals surface area contributed by atoms with Crippen LogP contribution in [0.5, 0.6) is 0 Å². The van der Waals surface area contributed by atoms with Crippen molar-refractivity contribution in [1.29, 1.82) is 0 Å². The van der Waals surface area contributed by atoms with Crippen LogP contribution in [0, 0.1) is 0 Å². The third-order valence-corrected chi connectivity index (χ3v) is 8.93. The number of nitrogens with one attached hydrogen (secondary N) is 1. The number of anilines is 3. The molecule has 0 radical (unpaired) electrons. The molecule has 0 aromatic heterocycles. The minimum atomic E-state index is 0.778. The van der Waals surface area contributed by atoms with Crippen molar-refractivity contribution in [1.82, 2.24) is 0 Å². The molecule has 3 N–H and O–H groups in total. The molecule has 0 amide bonds. The summed E-state index contributed by atoms with van der Waals surface area (Å²) < 4.78 is 0. The van der Waals surface area contributed by atoms with Crippen molar-refractivity contribution in [3.8, 4) is 33.4 Å². The van der Waals surface area contributed by atoms with E-state index in [9.17, 15) is 0 Å². The first-order valence-corrected chi connectivity index (χ1v) is 15.6. The second-order valence-corrected chi connectivity index (χ2v) is 11.7. The van der Waals surface area contributed by atoms with E-state index in [1.165, 1.54) is 27.8 Å².